The molecule has 0 atom stereocenters. The molecule has 44 heteroatoms. The molecule has 0 amide bonds. The van der Waals surface area contributed by atoms with E-state index in [0.29, 0.717) is 0 Å². The predicted octanol–water partition coefficient (Wildman–Crippen LogP) is 19.4. The maximum Gasteiger partial charge on any atom is 1.00 e. The Bertz CT molecular complexity index is 3520. The molecule has 4 aromatic rings. The summed E-state index contributed by atoms with van der Waals surface area (Å²) >= 11 is 178. The molecule has 0 spiro atoms. The van der Waals surface area contributed by atoms with Crippen LogP contribution in [0.5, 0.6) is 0 Å². The van der Waals surface area contributed by atoms with Gasteiger partial charge >= 0.3 is 34.1 Å². The van der Waals surface area contributed by atoms with Crippen molar-refractivity contribution in [1.82, 2.24) is 0 Å². The van der Waals surface area contributed by atoms with Crippen molar-refractivity contribution < 1.29 is 105 Å². The van der Waals surface area contributed by atoms with Crippen LogP contribution >= 0.6 is 325 Å². The number of aliphatic hydroxyl groups excluding tert-OH is 4. The quantitative estimate of drug-likeness (QED) is 0.0460. The van der Waals surface area contributed by atoms with Gasteiger partial charge in [-0.05, 0) is 99.5 Å². The van der Waals surface area contributed by atoms with E-state index in [1.807, 2.05) is 0 Å². The van der Waals surface area contributed by atoms with Crippen LogP contribution in [0.2, 0.25) is 90.4 Å². The molecule has 2 aliphatic carbocycles. The molecule has 0 bridgehead atoms. The number of aliphatic carboxylic acids is 2. The molecule has 0 saturated carbocycles. The number of aromatic carboxylic acids is 2. The molecule has 96 heavy (non-hydrogen) atoms. The van der Waals surface area contributed by atoms with Crippen molar-refractivity contribution >= 4 is 360 Å². The van der Waals surface area contributed by atoms with E-state index in [2.05, 4.69) is 0 Å². The zero-order valence-electron chi connectivity index (χ0n) is 47.2. The molecule has 0 aromatic heterocycles. The number of carbonyl (C=O) groups is 4. The molecule has 0 unspecified atom stereocenters. The number of carboxylic acid groups (broad SMARTS) is 4. The normalized spacial score (nSPS) is 12.5. The summed E-state index contributed by atoms with van der Waals surface area (Å²) in [5.74, 6) is -5.69. The molecule has 0 saturated heterocycles. The maximum atomic E-state index is 11.7. The van der Waals surface area contributed by atoms with Crippen molar-refractivity contribution in [3.05, 3.63) is 186 Å². The van der Waals surface area contributed by atoms with Crippen LogP contribution < -0.4 is 20.4 Å². The molecule has 4 aromatic carbocycles. The van der Waals surface area contributed by atoms with Gasteiger partial charge < -0.3 is 71.0 Å². The number of halogens is 28. The van der Waals surface area contributed by atoms with E-state index in [-0.39, 0.29) is 217 Å². The Morgan fingerprint density at radius 2 is 0.469 bits per heavy atom. The summed E-state index contributed by atoms with van der Waals surface area (Å²) < 4.78 is 0. The third-order valence-corrected chi connectivity index (χ3v) is 21.8. The molecule has 14 nitrogen and oxygen atoms in total. The van der Waals surface area contributed by atoms with Crippen LogP contribution in [0.4, 0.5) is 0 Å². The van der Waals surface area contributed by atoms with E-state index in [1.165, 1.54) is 0 Å². The zero-order valence-corrected chi connectivity index (χ0v) is 70.3. The Morgan fingerprint density at radius 1 is 0.302 bits per heavy atom. The van der Waals surface area contributed by atoms with Gasteiger partial charge in [-0.2, -0.15) is 0 Å². The Morgan fingerprint density at radius 3 is 0.677 bits per heavy atom. The molecule has 544 valence electrons. The van der Waals surface area contributed by atoms with Gasteiger partial charge in [0.05, 0.1) is 119 Å². The molecule has 0 fully saturated rings. The Hall–Kier alpha value is 1.86. The number of rotatable bonds is 6. The maximum absolute atomic E-state index is 11.7. The summed E-state index contributed by atoms with van der Waals surface area (Å²) in [6, 6.07) is 0. The minimum absolute atomic E-state index is 0. The first-order valence-corrected chi connectivity index (χ1v) is 33.6. The van der Waals surface area contributed by atoms with Gasteiger partial charge in [0.1, 0.15) is 11.1 Å². The van der Waals surface area contributed by atoms with E-state index in [0.717, 1.165) is 13.8 Å². The summed E-state index contributed by atoms with van der Waals surface area (Å²) in [6.45, 7) is 9.67. The average molecular weight is 2000 g/mol. The molecule has 6 rings (SSSR count). The van der Waals surface area contributed by atoms with Gasteiger partial charge in [-0.1, -0.05) is 232 Å². The van der Waals surface area contributed by atoms with Gasteiger partial charge in [-0.15, -0.1) is 0 Å². The summed E-state index contributed by atoms with van der Waals surface area (Å²) in [7, 11) is 0. The van der Waals surface area contributed by atoms with Crippen LogP contribution in [0.3, 0.4) is 0 Å². The number of carbonyl (C=O) groups excluding carboxylic acids is 4. The van der Waals surface area contributed by atoms with E-state index in [1.54, 1.807) is 27.7 Å². The molecule has 0 aliphatic heterocycles. The number of hydrogen-bond donors (Lipinski definition) is 4. The Kier molecular flexibility index (Phi) is 58.0. The minimum Gasteiger partial charge on any atom is -0.550 e. The summed E-state index contributed by atoms with van der Waals surface area (Å²) in [4.78, 5) is 41.1. The van der Waals surface area contributed by atoms with Crippen molar-refractivity contribution in [3.63, 3.8) is 0 Å². The predicted molar refractivity (Wildman–Crippen MR) is 392 cm³/mol. The standard InChI is InChI=1S/2C20Cl14O2.2C2H4O2.4C2H6O.2Cu.2H2O/c2*21-6-2(7(22)13(28)5(12(6)27)20(35)36)1(3-8(23)14(29)18(33)15(30)9(3)24)4-10(25)16(31)19(34)17(32)11(4)26;2*1-2(3)4;4*1-2-3;;;;/h;;2*1H3,(H,3,4);4*3H,2H2,1H3;;;2*1H2/q;;;;;;;;2*+1;;. The van der Waals surface area contributed by atoms with E-state index < -0.39 is 75.2 Å². The topological polar surface area (TPSA) is 307 Å². The molecular formula is C52H36Cl28Cu2O14+2. The fraction of sp³-hybridized carbons (Fsp3) is 0.192. The van der Waals surface area contributed by atoms with Crippen LogP contribution in [0.15, 0.2) is 51.4 Å². The summed E-state index contributed by atoms with van der Waals surface area (Å²) in [5, 5.41) is 62.8. The van der Waals surface area contributed by atoms with Crippen LogP contribution in [0.25, 0.3) is 11.1 Å². The van der Waals surface area contributed by atoms with Crippen molar-refractivity contribution in [2.24, 2.45) is 0 Å². The smallest absolute Gasteiger partial charge is 0.550 e. The van der Waals surface area contributed by atoms with Crippen LogP contribution in [0, 0.1) is 10.8 Å². The first kappa shape index (κ1) is 109. The third kappa shape index (κ3) is 27.3. The van der Waals surface area contributed by atoms with Crippen molar-refractivity contribution in [3.8, 4) is 0 Å². The number of aliphatic hydroxyl groups is 4. The largest absolute Gasteiger partial charge is 1.00 e. The second-order valence-electron chi connectivity index (χ2n) is 15.4. The van der Waals surface area contributed by atoms with Gasteiger partial charge in [0.2, 0.25) is 0 Å². The molecular weight excluding hydrogens is 1970 g/mol. The third-order valence-electron chi connectivity index (χ3n) is 9.27. The molecule has 2 aliphatic rings. The van der Waals surface area contributed by atoms with E-state index in [4.69, 9.17) is 365 Å². The number of benzene rings is 4. The van der Waals surface area contributed by atoms with Crippen LogP contribution in [-0.4, -0.2) is 70.7 Å². The van der Waals surface area contributed by atoms with Gasteiger partial charge in [-0.25, -0.2) is 0 Å². The van der Waals surface area contributed by atoms with Crippen molar-refractivity contribution in [2.45, 2.75) is 41.5 Å². The van der Waals surface area contributed by atoms with E-state index in [9.17, 15) is 19.8 Å². The molecule has 10 N–H and O–H groups in total. The minimum atomic E-state index is -1.76. The second-order valence-corrected chi connectivity index (χ2v) is 25.9. The van der Waals surface area contributed by atoms with Gasteiger partial charge in [0, 0.05) is 101 Å². The van der Waals surface area contributed by atoms with Crippen LogP contribution in [0.1, 0.15) is 84.5 Å². The second kappa shape index (κ2) is 51.2. The van der Waals surface area contributed by atoms with Crippen molar-refractivity contribution in [2.75, 3.05) is 26.4 Å². The first-order chi connectivity index (χ1) is 42.3. The van der Waals surface area contributed by atoms with Crippen molar-refractivity contribution in [1.29, 1.82) is 0 Å². The monoisotopic (exact) mass is 1990 g/mol. The fourth-order valence-electron chi connectivity index (χ4n) is 6.11. The number of carboxylic acids is 4. The zero-order chi connectivity index (χ0) is 73.1. The van der Waals surface area contributed by atoms with Gasteiger partial charge in [0.25, 0.3) is 0 Å². The number of allylic oxidation sites excluding steroid dienone is 10. The fourth-order valence-corrected chi connectivity index (χ4v) is 13.8. The van der Waals surface area contributed by atoms with Crippen LogP contribution in [-0.2, 0) is 54.7 Å². The molecule has 0 heterocycles. The Balaban J connectivity index is -0.000000319. The number of hydrogen-bond acceptors (Lipinski definition) is 12. The van der Waals surface area contributed by atoms with Gasteiger partial charge in [0.15, 0.2) is 51.0 Å². The van der Waals surface area contributed by atoms with Gasteiger partial charge in [-0.3, -0.25) is 0 Å². The van der Waals surface area contributed by atoms with E-state index >= 15 is 0 Å². The Labute approximate surface area is 709 Å². The summed E-state index contributed by atoms with van der Waals surface area (Å²) in [6.07, 6.45) is 0. The average Bonchev–Trinajstić information content (AvgIpc) is 0.737. The molecule has 0 radical (unpaired) electrons. The first-order valence-electron chi connectivity index (χ1n) is 23.0. The summed E-state index contributed by atoms with van der Waals surface area (Å²) in [5.41, 5.74) is -2.88. The SMILES string of the molecule is CC(=O)[O-].CC(=O)[O-].CCO.CCO.CCO.CCO.O=C([O-])c1c(Cl)c(Cl)c(/C(=C2/C(Cl)=C(Cl)C(Cl)=C(Cl)[C+]2Cl)c2c(Cl)c(Cl)c(Cl)c(Cl)c2Cl)c(Cl)c1Cl.O=C([O-])c1c(Cl)c(Cl)c(C(=C2C(Cl)=C(Cl)[C+](Cl)C(Cl)=C2Cl)c2c(Cl)c(Cl)c(Cl)c(Cl)c2Cl)c(Cl)c1Cl.[Cu+].[Cu+].[OH3+].[OH3+].